The lowest BCUT2D eigenvalue weighted by Gasteiger charge is -2.27. The highest BCUT2D eigenvalue weighted by atomic mass is 16.5. The van der Waals surface area contributed by atoms with Crippen LogP contribution in [0.15, 0.2) is 109 Å². The van der Waals surface area contributed by atoms with Gasteiger partial charge in [0.15, 0.2) is 0 Å². The quantitative estimate of drug-likeness (QED) is 0.174. The third kappa shape index (κ3) is 10.0. The number of hydrogen-bond acceptors (Lipinski definition) is 4. The van der Waals surface area contributed by atoms with Gasteiger partial charge in [0.2, 0.25) is 0 Å². The van der Waals surface area contributed by atoms with E-state index in [1.807, 2.05) is 116 Å². The van der Waals surface area contributed by atoms with Crippen LogP contribution in [0.2, 0.25) is 0 Å². The highest BCUT2D eigenvalue weighted by molar-refractivity contribution is 5.75. The van der Waals surface area contributed by atoms with E-state index in [0.717, 1.165) is 33.8 Å². The summed E-state index contributed by atoms with van der Waals surface area (Å²) in [6.07, 6.45) is 0.477. The number of ether oxygens (including phenoxy) is 2. The first-order valence-corrected chi connectivity index (χ1v) is 14.4. The molecule has 0 saturated carbocycles. The Balaban J connectivity index is 0.000000236. The summed E-state index contributed by atoms with van der Waals surface area (Å²) in [7, 11) is 0. The highest BCUT2D eigenvalue weighted by Crippen LogP contribution is 2.36. The first-order chi connectivity index (χ1) is 20.4. The number of aliphatic carboxylic acids is 2. The number of hydrogen-bond donors (Lipinski definition) is 2. The van der Waals surface area contributed by atoms with Gasteiger partial charge >= 0.3 is 11.9 Å². The molecule has 1 atom stereocenters. The molecule has 0 aliphatic heterocycles. The molecular weight excluding hydrogens is 540 g/mol. The Morgan fingerprint density at radius 2 is 1.09 bits per heavy atom. The lowest BCUT2D eigenvalue weighted by molar-refractivity contribution is -0.148. The maximum atomic E-state index is 11.4. The SMILES string of the molecule is CC(C)(Cc1cccc(OCc2ccccc2)c1)C(=O)O.CC(c1cccc(OCc2ccccc2)c1)C(C)(C)C(=O)O. The molecule has 4 rings (SSSR count). The number of carboxylic acids is 2. The maximum absolute atomic E-state index is 11.4. The van der Waals surface area contributed by atoms with E-state index in [9.17, 15) is 19.8 Å². The van der Waals surface area contributed by atoms with E-state index in [0.29, 0.717) is 19.6 Å². The molecule has 0 amide bonds. The molecular formula is C37H42O6. The lowest BCUT2D eigenvalue weighted by atomic mass is 9.76. The van der Waals surface area contributed by atoms with Crippen molar-refractivity contribution in [3.63, 3.8) is 0 Å². The fraction of sp³-hybridized carbons (Fsp3) is 0.297. The summed E-state index contributed by atoms with van der Waals surface area (Å²) in [6.45, 7) is 9.90. The van der Waals surface area contributed by atoms with Crippen LogP contribution in [-0.4, -0.2) is 22.2 Å². The molecule has 4 aromatic carbocycles. The molecule has 6 heteroatoms. The van der Waals surface area contributed by atoms with Gasteiger partial charge in [0, 0.05) is 0 Å². The van der Waals surface area contributed by atoms with Crippen LogP contribution >= 0.6 is 0 Å². The molecule has 0 bridgehead atoms. The van der Waals surface area contributed by atoms with E-state index in [2.05, 4.69) is 0 Å². The van der Waals surface area contributed by atoms with Crippen molar-refractivity contribution in [2.24, 2.45) is 10.8 Å². The average molecular weight is 583 g/mol. The smallest absolute Gasteiger partial charge is 0.309 e. The standard InChI is InChI=1S/C19H22O3.C18H20O3/c1-14(19(2,3)18(20)21)16-10-7-11-17(12-16)22-13-15-8-5-4-6-9-15;1-18(2,17(19)20)12-15-9-6-10-16(11-15)21-13-14-7-4-3-5-8-14/h4-12,14H,13H2,1-3H3,(H,20,21);3-11H,12-13H2,1-2H3,(H,19,20). The summed E-state index contributed by atoms with van der Waals surface area (Å²) in [4.78, 5) is 22.6. The van der Waals surface area contributed by atoms with Crippen LogP contribution in [0.1, 0.15) is 62.8 Å². The predicted molar refractivity (Wildman–Crippen MR) is 169 cm³/mol. The molecule has 0 aromatic heterocycles. The molecule has 4 aromatic rings. The van der Waals surface area contributed by atoms with Crippen molar-refractivity contribution in [1.29, 1.82) is 0 Å². The van der Waals surface area contributed by atoms with E-state index in [4.69, 9.17) is 9.47 Å². The predicted octanol–water partition coefficient (Wildman–Crippen LogP) is 8.40. The molecule has 6 nitrogen and oxygen atoms in total. The normalized spacial score (nSPS) is 11.9. The van der Waals surface area contributed by atoms with E-state index in [1.54, 1.807) is 27.7 Å². The summed E-state index contributed by atoms with van der Waals surface area (Å²) in [5, 5.41) is 18.6. The second-order valence-corrected chi connectivity index (χ2v) is 11.9. The third-order valence-corrected chi connectivity index (χ3v) is 7.61. The fourth-order valence-electron chi connectivity index (χ4n) is 4.29. The van der Waals surface area contributed by atoms with Gasteiger partial charge in [-0.2, -0.15) is 0 Å². The van der Waals surface area contributed by atoms with Crippen LogP contribution in [0.4, 0.5) is 0 Å². The van der Waals surface area contributed by atoms with Crippen molar-refractivity contribution >= 4 is 11.9 Å². The third-order valence-electron chi connectivity index (χ3n) is 7.61. The van der Waals surface area contributed by atoms with Gasteiger partial charge in [-0.05, 0) is 86.6 Å². The minimum atomic E-state index is -0.821. The van der Waals surface area contributed by atoms with Crippen molar-refractivity contribution < 1.29 is 29.3 Å². The minimum absolute atomic E-state index is 0.106. The Hall–Kier alpha value is -4.58. The number of benzene rings is 4. The van der Waals surface area contributed by atoms with Gasteiger partial charge in [0.05, 0.1) is 10.8 Å². The molecule has 0 radical (unpaired) electrons. The Kier molecular flexibility index (Phi) is 11.5. The Bertz CT molecular complexity index is 1460. The van der Waals surface area contributed by atoms with Crippen LogP contribution in [0.25, 0.3) is 0 Å². The molecule has 43 heavy (non-hydrogen) atoms. The Morgan fingerprint density at radius 1 is 0.628 bits per heavy atom. The lowest BCUT2D eigenvalue weighted by Crippen LogP contribution is -2.29. The van der Waals surface area contributed by atoms with Gasteiger partial charge in [-0.15, -0.1) is 0 Å². The van der Waals surface area contributed by atoms with Crippen molar-refractivity contribution in [1.82, 2.24) is 0 Å². The molecule has 226 valence electrons. The number of carbonyl (C=O) groups is 2. The summed E-state index contributed by atoms with van der Waals surface area (Å²) in [6, 6.07) is 35.2. The van der Waals surface area contributed by atoms with Gasteiger partial charge in [-0.1, -0.05) is 91.9 Å². The van der Waals surface area contributed by atoms with Gasteiger partial charge in [-0.25, -0.2) is 0 Å². The molecule has 0 fully saturated rings. The van der Waals surface area contributed by atoms with Crippen LogP contribution in [0.5, 0.6) is 11.5 Å². The van der Waals surface area contributed by atoms with Crippen LogP contribution < -0.4 is 9.47 Å². The second kappa shape index (κ2) is 15.1. The van der Waals surface area contributed by atoms with E-state index in [1.165, 1.54) is 0 Å². The van der Waals surface area contributed by atoms with Crippen LogP contribution in [-0.2, 0) is 29.2 Å². The summed E-state index contributed by atoms with van der Waals surface area (Å²) in [5.74, 6) is -0.175. The summed E-state index contributed by atoms with van der Waals surface area (Å²) >= 11 is 0. The van der Waals surface area contributed by atoms with Gasteiger partial charge in [-0.3, -0.25) is 9.59 Å². The summed E-state index contributed by atoms with van der Waals surface area (Å²) in [5.41, 5.74) is 2.54. The first-order valence-electron chi connectivity index (χ1n) is 14.4. The van der Waals surface area contributed by atoms with Crippen molar-refractivity contribution in [3.8, 4) is 11.5 Å². The zero-order valence-corrected chi connectivity index (χ0v) is 25.6. The molecule has 2 N–H and O–H groups in total. The van der Waals surface area contributed by atoms with Gasteiger partial charge in [0.1, 0.15) is 24.7 Å². The van der Waals surface area contributed by atoms with Gasteiger partial charge in [0.25, 0.3) is 0 Å². The highest BCUT2D eigenvalue weighted by Gasteiger charge is 2.34. The van der Waals surface area contributed by atoms with Crippen molar-refractivity contribution in [2.45, 2.75) is 60.2 Å². The maximum Gasteiger partial charge on any atom is 0.309 e. The molecule has 0 saturated heterocycles. The van der Waals surface area contributed by atoms with E-state index < -0.39 is 22.8 Å². The minimum Gasteiger partial charge on any atom is -0.489 e. The van der Waals surface area contributed by atoms with Crippen LogP contribution in [0, 0.1) is 10.8 Å². The molecule has 0 aliphatic rings. The largest absolute Gasteiger partial charge is 0.489 e. The zero-order chi connectivity index (χ0) is 31.5. The molecule has 0 spiro atoms. The Labute approximate surface area is 254 Å². The molecule has 1 unspecified atom stereocenters. The average Bonchev–Trinajstić information content (AvgIpc) is 3.00. The number of carboxylic acid groups (broad SMARTS) is 2. The zero-order valence-electron chi connectivity index (χ0n) is 25.6. The van der Waals surface area contributed by atoms with Gasteiger partial charge < -0.3 is 19.7 Å². The fourth-order valence-corrected chi connectivity index (χ4v) is 4.29. The van der Waals surface area contributed by atoms with Crippen molar-refractivity contribution in [3.05, 3.63) is 131 Å². The topological polar surface area (TPSA) is 93.1 Å². The monoisotopic (exact) mass is 582 g/mol. The molecule has 0 heterocycles. The van der Waals surface area contributed by atoms with Crippen molar-refractivity contribution in [2.75, 3.05) is 0 Å². The summed E-state index contributed by atoms with van der Waals surface area (Å²) < 4.78 is 11.6. The molecule has 0 aliphatic carbocycles. The number of rotatable bonds is 12. The Morgan fingerprint density at radius 3 is 1.58 bits per heavy atom. The second-order valence-electron chi connectivity index (χ2n) is 11.9. The van der Waals surface area contributed by atoms with Crippen LogP contribution in [0.3, 0.4) is 0 Å². The van der Waals surface area contributed by atoms with E-state index >= 15 is 0 Å². The van der Waals surface area contributed by atoms with E-state index in [-0.39, 0.29) is 5.92 Å². The first kappa shape index (κ1) is 32.9.